The van der Waals surface area contributed by atoms with E-state index < -0.39 is 11.8 Å². The van der Waals surface area contributed by atoms with Crippen LogP contribution in [0.4, 0.5) is 10.1 Å². The number of esters is 1. The predicted molar refractivity (Wildman–Crippen MR) is 58.9 cm³/mol. The third-order valence-corrected chi connectivity index (χ3v) is 1.80. The molecule has 2 N–H and O–H groups in total. The summed E-state index contributed by atoms with van der Waals surface area (Å²) in [6, 6.07) is 4.32. The van der Waals surface area contributed by atoms with E-state index in [1.165, 1.54) is 12.1 Å². The number of hydrogen-bond donors (Lipinski definition) is 1. The van der Waals surface area contributed by atoms with Crippen LogP contribution < -0.4 is 5.73 Å². The summed E-state index contributed by atoms with van der Waals surface area (Å²) >= 11 is 0. The number of hydrogen-bond acceptors (Lipinski definition) is 3. The first-order valence-electron chi connectivity index (χ1n) is 4.83. The molecular formula is C12H12FNO2. The van der Waals surface area contributed by atoms with Crippen LogP contribution in [-0.2, 0) is 9.53 Å². The van der Waals surface area contributed by atoms with E-state index in [9.17, 15) is 9.18 Å². The zero-order chi connectivity index (χ0) is 12.0. The maximum atomic E-state index is 13.2. The number of carbonyl (C=O) groups is 1. The Kier molecular flexibility index (Phi) is 4.34. The van der Waals surface area contributed by atoms with Gasteiger partial charge in [-0.1, -0.05) is 17.9 Å². The molecule has 1 rings (SSSR count). The lowest BCUT2D eigenvalue weighted by Crippen LogP contribution is -2.01. The lowest BCUT2D eigenvalue weighted by atomic mass is 10.1. The summed E-state index contributed by atoms with van der Waals surface area (Å²) in [6.07, 6.45) is -0.0678. The first kappa shape index (κ1) is 12.1. The minimum Gasteiger partial charge on any atom is -0.465 e. The number of carbonyl (C=O) groups excluding carboxylic acids is 1. The van der Waals surface area contributed by atoms with Crippen molar-refractivity contribution in [3.8, 4) is 11.8 Å². The minimum absolute atomic E-state index is 0.0678. The van der Waals surface area contributed by atoms with Gasteiger partial charge in [0, 0.05) is 0 Å². The van der Waals surface area contributed by atoms with Crippen LogP contribution >= 0.6 is 0 Å². The highest BCUT2D eigenvalue weighted by atomic mass is 19.1. The van der Waals surface area contributed by atoms with E-state index in [1.54, 1.807) is 13.0 Å². The topological polar surface area (TPSA) is 52.3 Å². The molecule has 1 aromatic rings. The highest BCUT2D eigenvalue weighted by molar-refractivity contribution is 5.72. The Hall–Kier alpha value is -2.02. The molecule has 0 aliphatic heterocycles. The van der Waals surface area contributed by atoms with Gasteiger partial charge in [0.2, 0.25) is 0 Å². The second-order valence-electron chi connectivity index (χ2n) is 2.99. The molecule has 0 aromatic heterocycles. The van der Waals surface area contributed by atoms with Crippen molar-refractivity contribution in [3.63, 3.8) is 0 Å². The first-order valence-corrected chi connectivity index (χ1v) is 4.83. The highest BCUT2D eigenvalue weighted by Crippen LogP contribution is 2.13. The molecule has 1 aromatic carbocycles. The second-order valence-corrected chi connectivity index (χ2v) is 2.99. The van der Waals surface area contributed by atoms with Crippen LogP contribution in [0, 0.1) is 17.7 Å². The van der Waals surface area contributed by atoms with E-state index in [4.69, 9.17) is 5.73 Å². The van der Waals surface area contributed by atoms with Crippen LogP contribution in [0.2, 0.25) is 0 Å². The van der Waals surface area contributed by atoms with Gasteiger partial charge >= 0.3 is 5.97 Å². The molecule has 0 spiro atoms. The standard InChI is InChI=1S/C12H12FNO2/c1-2-16-12(15)8-3-5-9-10(13)6-4-7-11(9)14/h4,6-7H,2,8,14H2,1H3. The molecular weight excluding hydrogens is 209 g/mol. The predicted octanol–water partition coefficient (Wildman–Crippen LogP) is 1.71. The largest absolute Gasteiger partial charge is 0.465 e. The van der Waals surface area contributed by atoms with Crippen molar-refractivity contribution in [2.75, 3.05) is 12.3 Å². The SMILES string of the molecule is CCOC(=O)CC#Cc1c(N)cccc1F. The van der Waals surface area contributed by atoms with Crippen molar-refractivity contribution < 1.29 is 13.9 Å². The third-order valence-electron chi connectivity index (χ3n) is 1.80. The van der Waals surface area contributed by atoms with Crippen molar-refractivity contribution in [2.24, 2.45) is 0 Å². The molecule has 0 aliphatic rings. The maximum Gasteiger partial charge on any atom is 0.317 e. The monoisotopic (exact) mass is 221 g/mol. The fourth-order valence-corrected chi connectivity index (χ4v) is 1.09. The van der Waals surface area contributed by atoms with Gasteiger partial charge in [-0.3, -0.25) is 4.79 Å². The number of rotatable bonds is 2. The Bertz CT molecular complexity index is 426. The van der Waals surface area contributed by atoms with Crippen molar-refractivity contribution in [3.05, 3.63) is 29.6 Å². The lowest BCUT2D eigenvalue weighted by molar-refractivity contribution is -0.141. The number of benzene rings is 1. The highest BCUT2D eigenvalue weighted by Gasteiger charge is 2.02. The fourth-order valence-electron chi connectivity index (χ4n) is 1.09. The zero-order valence-corrected chi connectivity index (χ0v) is 8.92. The van der Waals surface area contributed by atoms with Crippen LogP contribution in [0.25, 0.3) is 0 Å². The number of anilines is 1. The maximum absolute atomic E-state index is 13.2. The number of nitrogens with two attached hydrogens (primary N) is 1. The average molecular weight is 221 g/mol. The van der Waals surface area contributed by atoms with Gasteiger partial charge in [-0.05, 0) is 19.1 Å². The first-order chi connectivity index (χ1) is 7.65. The van der Waals surface area contributed by atoms with Gasteiger partial charge in [0.25, 0.3) is 0 Å². The van der Waals surface area contributed by atoms with E-state index >= 15 is 0 Å². The summed E-state index contributed by atoms with van der Waals surface area (Å²) in [4.78, 5) is 11.0. The molecule has 0 unspecified atom stereocenters. The Labute approximate surface area is 93.4 Å². The van der Waals surface area contributed by atoms with Crippen LogP contribution in [-0.4, -0.2) is 12.6 Å². The van der Waals surface area contributed by atoms with Gasteiger partial charge in [-0.25, -0.2) is 4.39 Å². The van der Waals surface area contributed by atoms with Gasteiger partial charge < -0.3 is 10.5 Å². The smallest absolute Gasteiger partial charge is 0.317 e. The molecule has 0 heterocycles. The summed E-state index contributed by atoms with van der Waals surface area (Å²) in [5, 5.41) is 0. The Morgan fingerprint density at radius 3 is 2.94 bits per heavy atom. The molecule has 0 saturated heterocycles. The molecule has 0 fully saturated rings. The van der Waals surface area contributed by atoms with Crippen LogP contribution in [0.3, 0.4) is 0 Å². The van der Waals surface area contributed by atoms with E-state index in [-0.39, 0.29) is 17.7 Å². The molecule has 84 valence electrons. The molecule has 0 amide bonds. The molecule has 0 aliphatic carbocycles. The van der Waals surface area contributed by atoms with Gasteiger partial charge in [0.15, 0.2) is 0 Å². The van der Waals surface area contributed by atoms with Crippen molar-refractivity contribution >= 4 is 11.7 Å². The summed E-state index contributed by atoms with van der Waals surface area (Å²) < 4.78 is 17.9. The van der Waals surface area contributed by atoms with E-state index in [2.05, 4.69) is 16.6 Å². The van der Waals surface area contributed by atoms with Gasteiger partial charge in [0.1, 0.15) is 12.2 Å². The summed E-state index contributed by atoms with van der Waals surface area (Å²) in [7, 11) is 0. The van der Waals surface area contributed by atoms with E-state index in [0.29, 0.717) is 6.61 Å². The quantitative estimate of drug-likeness (QED) is 0.470. The normalized spacial score (nSPS) is 9.12. The van der Waals surface area contributed by atoms with Crippen molar-refractivity contribution in [1.82, 2.24) is 0 Å². The average Bonchev–Trinajstić information content (AvgIpc) is 2.23. The van der Waals surface area contributed by atoms with Crippen LogP contribution in [0.5, 0.6) is 0 Å². The molecule has 3 nitrogen and oxygen atoms in total. The van der Waals surface area contributed by atoms with Gasteiger partial charge in [0.05, 0.1) is 17.9 Å². The number of halogens is 1. The summed E-state index contributed by atoms with van der Waals surface area (Å²) in [5.74, 6) is 4.13. The molecule has 4 heteroatoms. The summed E-state index contributed by atoms with van der Waals surface area (Å²) in [6.45, 7) is 2.02. The minimum atomic E-state index is -0.489. The Morgan fingerprint density at radius 2 is 2.31 bits per heavy atom. The van der Waals surface area contributed by atoms with E-state index in [1.807, 2.05) is 0 Å². The summed E-state index contributed by atoms with van der Waals surface area (Å²) in [5.41, 5.74) is 5.92. The van der Waals surface area contributed by atoms with Gasteiger partial charge in [-0.2, -0.15) is 0 Å². The fraction of sp³-hybridized carbons (Fsp3) is 0.250. The van der Waals surface area contributed by atoms with Crippen molar-refractivity contribution in [2.45, 2.75) is 13.3 Å². The third kappa shape index (κ3) is 3.28. The van der Waals surface area contributed by atoms with Gasteiger partial charge in [-0.15, -0.1) is 0 Å². The Morgan fingerprint density at radius 1 is 1.56 bits per heavy atom. The molecule has 0 bridgehead atoms. The number of ether oxygens (including phenoxy) is 1. The lowest BCUT2D eigenvalue weighted by Gasteiger charge is -1.98. The molecule has 16 heavy (non-hydrogen) atoms. The zero-order valence-electron chi connectivity index (χ0n) is 8.92. The Balaban J connectivity index is 2.74. The van der Waals surface area contributed by atoms with Crippen molar-refractivity contribution in [1.29, 1.82) is 0 Å². The molecule has 0 radical (unpaired) electrons. The number of nitrogen functional groups attached to an aromatic ring is 1. The second kappa shape index (κ2) is 5.76. The molecule has 0 atom stereocenters. The molecule has 0 saturated carbocycles. The van der Waals surface area contributed by atoms with Crippen LogP contribution in [0.1, 0.15) is 18.9 Å². The van der Waals surface area contributed by atoms with Crippen LogP contribution in [0.15, 0.2) is 18.2 Å². The van der Waals surface area contributed by atoms with E-state index in [0.717, 1.165) is 0 Å².